The van der Waals surface area contributed by atoms with Crippen LogP contribution in [0.4, 0.5) is 21.8 Å². The van der Waals surface area contributed by atoms with Crippen molar-refractivity contribution in [3.63, 3.8) is 0 Å². The zero-order valence-corrected chi connectivity index (χ0v) is 13.7. The molecule has 1 aromatic heterocycles. The Bertz CT molecular complexity index is 666. The topological polar surface area (TPSA) is 68.3 Å². The maximum Gasteiger partial charge on any atom is 0.224 e. The van der Waals surface area contributed by atoms with Gasteiger partial charge < -0.3 is 20.1 Å². The molecule has 2 aromatic rings. The average molecular weight is 353 g/mol. The van der Waals surface area contributed by atoms with E-state index in [1.165, 1.54) is 18.3 Å². The van der Waals surface area contributed by atoms with Crippen molar-refractivity contribution >= 4 is 29.1 Å². The zero-order chi connectivity index (χ0) is 16.8. The van der Waals surface area contributed by atoms with Gasteiger partial charge in [0, 0.05) is 12.2 Å². The molecule has 0 radical (unpaired) electrons. The molecule has 24 heavy (non-hydrogen) atoms. The summed E-state index contributed by atoms with van der Waals surface area (Å²) < 4.78 is 23.9. The summed E-state index contributed by atoms with van der Waals surface area (Å²) in [4.78, 5) is 8.49. The van der Waals surface area contributed by atoms with Crippen molar-refractivity contribution in [3.8, 4) is 0 Å². The van der Waals surface area contributed by atoms with Crippen LogP contribution in [0.5, 0.6) is 0 Å². The van der Waals surface area contributed by atoms with Crippen molar-refractivity contribution in [2.24, 2.45) is 0 Å². The van der Waals surface area contributed by atoms with E-state index in [1.54, 1.807) is 12.1 Å². The van der Waals surface area contributed by atoms with Crippen LogP contribution in [-0.2, 0) is 9.47 Å². The first kappa shape index (κ1) is 16.9. The Morgan fingerprint density at radius 1 is 1.25 bits per heavy atom. The molecule has 2 N–H and O–H groups in total. The maximum atomic E-state index is 13.0. The number of hydrogen-bond acceptors (Lipinski definition) is 6. The smallest absolute Gasteiger partial charge is 0.224 e. The van der Waals surface area contributed by atoms with Crippen LogP contribution in [0.15, 0.2) is 30.5 Å². The summed E-state index contributed by atoms with van der Waals surface area (Å²) in [7, 11) is 0. The van der Waals surface area contributed by atoms with Gasteiger partial charge in [0.15, 0.2) is 5.82 Å². The van der Waals surface area contributed by atoms with Gasteiger partial charge in [0.1, 0.15) is 10.8 Å². The molecule has 1 saturated heterocycles. The highest BCUT2D eigenvalue weighted by Gasteiger charge is 2.14. The molecule has 2 heterocycles. The minimum absolute atomic E-state index is 0.0929. The number of benzene rings is 1. The van der Waals surface area contributed by atoms with Crippen LogP contribution >= 0.6 is 11.6 Å². The van der Waals surface area contributed by atoms with E-state index in [2.05, 4.69) is 20.6 Å². The molecule has 1 aliphatic rings. The molecule has 1 atom stereocenters. The molecule has 1 fully saturated rings. The van der Waals surface area contributed by atoms with Gasteiger partial charge in [-0.25, -0.2) is 9.37 Å². The maximum absolute atomic E-state index is 13.0. The van der Waals surface area contributed by atoms with E-state index in [-0.39, 0.29) is 11.9 Å². The zero-order valence-electron chi connectivity index (χ0n) is 13.0. The highest BCUT2D eigenvalue weighted by Crippen LogP contribution is 2.23. The summed E-state index contributed by atoms with van der Waals surface area (Å²) >= 11 is 6.11. The number of aromatic nitrogens is 2. The molecule has 1 aromatic carbocycles. The number of nitrogens with zero attached hydrogens (tertiary/aromatic N) is 2. The van der Waals surface area contributed by atoms with Crippen molar-refractivity contribution in [2.75, 3.05) is 37.0 Å². The third-order valence-corrected chi connectivity index (χ3v) is 3.76. The second-order valence-electron chi connectivity index (χ2n) is 5.31. The van der Waals surface area contributed by atoms with Gasteiger partial charge >= 0.3 is 0 Å². The summed E-state index contributed by atoms with van der Waals surface area (Å²) in [5.41, 5.74) is 0.690. The molecule has 1 unspecified atom stereocenters. The monoisotopic (exact) mass is 352 g/mol. The van der Waals surface area contributed by atoms with E-state index in [1.807, 2.05) is 0 Å². The molecule has 6 nitrogen and oxygen atoms in total. The lowest BCUT2D eigenvalue weighted by Crippen LogP contribution is -2.30. The molecule has 0 spiro atoms. The molecule has 1 aliphatic heterocycles. The van der Waals surface area contributed by atoms with Crippen LogP contribution in [0.3, 0.4) is 0 Å². The first-order chi connectivity index (χ1) is 11.7. The lowest BCUT2D eigenvalue weighted by molar-refractivity contribution is -0.0892. The molecule has 8 heteroatoms. The minimum atomic E-state index is -0.300. The van der Waals surface area contributed by atoms with Crippen LogP contribution in [0, 0.1) is 5.82 Å². The fourth-order valence-electron chi connectivity index (χ4n) is 2.26. The second kappa shape index (κ2) is 8.23. The molecule has 0 bridgehead atoms. The Balaban J connectivity index is 1.57. The van der Waals surface area contributed by atoms with Crippen molar-refractivity contribution in [1.82, 2.24) is 9.97 Å². The van der Waals surface area contributed by atoms with Gasteiger partial charge in [-0.1, -0.05) is 11.6 Å². The average Bonchev–Trinajstić information content (AvgIpc) is 2.61. The second-order valence-corrected chi connectivity index (χ2v) is 5.71. The lowest BCUT2D eigenvalue weighted by Gasteiger charge is -2.22. The predicted octanol–water partition coefficient (Wildman–Crippen LogP) is 3.23. The standard InChI is InChI=1S/C16H18ClFN4O2/c17-14-9-20-16(19-6-5-13-10-23-7-8-24-13)22-15(14)21-12-3-1-11(18)2-4-12/h1-4,9,13H,5-8,10H2,(H2,19,20,21,22). The highest BCUT2D eigenvalue weighted by molar-refractivity contribution is 6.32. The van der Waals surface area contributed by atoms with Gasteiger partial charge in [-0.3, -0.25) is 0 Å². The number of hydrogen-bond donors (Lipinski definition) is 2. The normalized spacial score (nSPS) is 17.5. The van der Waals surface area contributed by atoms with Crippen molar-refractivity contribution in [2.45, 2.75) is 12.5 Å². The summed E-state index contributed by atoms with van der Waals surface area (Å²) in [5.74, 6) is 0.615. The van der Waals surface area contributed by atoms with Gasteiger partial charge in [0.05, 0.1) is 32.1 Å². The van der Waals surface area contributed by atoms with Gasteiger partial charge in [0.25, 0.3) is 0 Å². The van der Waals surface area contributed by atoms with Crippen LogP contribution in [0.1, 0.15) is 6.42 Å². The Labute approximate surface area is 144 Å². The highest BCUT2D eigenvalue weighted by atomic mass is 35.5. The van der Waals surface area contributed by atoms with Gasteiger partial charge in [-0.05, 0) is 30.7 Å². The van der Waals surface area contributed by atoms with E-state index in [9.17, 15) is 4.39 Å². The number of ether oxygens (including phenoxy) is 2. The largest absolute Gasteiger partial charge is 0.376 e. The van der Waals surface area contributed by atoms with Gasteiger partial charge in [0.2, 0.25) is 5.95 Å². The quantitative estimate of drug-likeness (QED) is 0.832. The van der Waals surface area contributed by atoms with Crippen LogP contribution in [0.25, 0.3) is 0 Å². The van der Waals surface area contributed by atoms with Crippen molar-refractivity contribution < 1.29 is 13.9 Å². The van der Waals surface area contributed by atoms with E-state index in [0.717, 1.165) is 6.42 Å². The van der Waals surface area contributed by atoms with Crippen molar-refractivity contribution in [1.29, 1.82) is 0 Å². The van der Waals surface area contributed by atoms with E-state index >= 15 is 0 Å². The molecule has 0 amide bonds. The molecule has 3 rings (SSSR count). The minimum Gasteiger partial charge on any atom is -0.376 e. The summed E-state index contributed by atoms with van der Waals surface area (Å²) in [5, 5.41) is 6.57. The molecule has 128 valence electrons. The van der Waals surface area contributed by atoms with Gasteiger partial charge in [-0.15, -0.1) is 0 Å². The Kier molecular flexibility index (Phi) is 5.79. The van der Waals surface area contributed by atoms with Crippen LogP contribution < -0.4 is 10.6 Å². The number of anilines is 3. The summed E-state index contributed by atoms with van der Waals surface area (Å²) in [6.07, 6.45) is 2.41. The van der Waals surface area contributed by atoms with E-state index in [4.69, 9.17) is 21.1 Å². The molecule has 0 saturated carbocycles. The van der Waals surface area contributed by atoms with Crippen LogP contribution in [-0.4, -0.2) is 42.4 Å². The summed E-state index contributed by atoms with van der Waals surface area (Å²) in [6, 6.07) is 5.95. The lowest BCUT2D eigenvalue weighted by atomic mass is 10.2. The number of rotatable bonds is 6. The molecule has 0 aliphatic carbocycles. The first-order valence-corrected chi connectivity index (χ1v) is 8.07. The third-order valence-electron chi connectivity index (χ3n) is 3.49. The predicted molar refractivity (Wildman–Crippen MR) is 90.4 cm³/mol. The molecular weight excluding hydrogens is 335 g/mol. The fraction of sp³-hybridized carbons (Fsp3) is 0.375. The van der Waals surface area contributed by atoms with Crippen LogP contribution in [0.2, 0.25) is 5.02 Å². The third kappa shape index (κ3) is 4.77. The SMILES string of the molecule is Fc1ccc(Nc2nc(NCCC3COCCO3)ncc2Cl)cc1. The summed E-state index contributed by atoms with van der Waals surface area (Å²) in [6.45, 7) is 2.56. The van der Waals surface area contributed by atoms with E-state index in [0.29, 0.717) is 48.8 Å². The Hall–Kier alpha value is -1.96. The Morgan fingerprint density at radius 2 is 2.08 bits per heavy atom. The number of halogens is 2. The van der Waals surface area contributed by atoms with E-state index < -0.39 is 0 Å². The van der Waals surface area contributed by atoms with Crippen molar-refractivity contribution in [3.05, 3.63) is 41.3 Å². The fourth-order valence-corrected chi connectivity index (χ4v) is 2.40. The van der Waals surface area contributed by atoms with Gasteiger partial charge in [-0.2, -0.15) is 4.98 Å². The Morgan fingerprint density at radius 3 is 2.83 bits per heavy atom. The molecular formula is C16H18ClFN4O2. The first-order valence-electron chi connectivity index (χ1n) is 7.69. The number of nitrogens with one attached hydrogen (secondary N) is 2.